The normalized spacial score (nSPS) is 12.5. The molecule has 0 aromatic carbocycles. The first kappa shape index (κ1) is 22.7. The number of hydrogen-bond acceptors (Lipinski definition) is 5. The number of nitrogens with zero attached hydrogens (tertiary/aromatic N) is 2. The van der Waals surface area contributed by atoms with Crippen LogP contribution in [0.5, 0.6) is 0 Å². The van der Waals surface area contributed by atoms with E-state index < -0.39 is 4.92 Å². The van der Waals surface area contributed by atoms with Gasteiger partial charge in [0.2, 0.25) is 11.4 Å². The molecule has 25 heavy (non-hydrogen) atoms. The largest absolute Gasteiger partial charge is 0.291 e. The summed E-state index contributed by atoms with van der Waals surface area (Å²) in [7, 11) is 0. The van der Waals surface area contributed by atoms with Crippen LogP contribution in [-0.4, -0.2) is 16.1 Å². The van der Waals surface area contributed by atoms with Crippen molar-refractivity contribution in [3.05, 3.63) is 55.9 Å². The van der Waals surface area contributed by atoms with E-state index in [1.54, 1.807) is 30.6 Å². The first-order valence-electron chi connectivity index (χ1n) is 8.69. The lowest BCUT2D eigenvalue weighted by molar-refractivity contribution is -0.428. The van der Waals surface area contributed by atoms with Crippen LogP contribution in [0.2, 0.25) is 0 Å². The van der Waals surface area contributed by atoms with Crippen LogP contribution < -0.4 is 0 Å². The Morgan fingerprint density at radius 3 is 2.28 bits per heavy atom. The molecule has 7 nitrogen and oxygen atoms in total. The van der Waals surface area contributed by atoms with Crippen LogP contribution in [0.1, 0.15) is 71.1 Å². The summed E-state index contributed by atoms with van der Waals surface area (Å²) in [4.78, 5) is 31.2. The van der Waals surface area contributed by atoms with E-state index in [0.717, 1.165) is 19.3 Å². The highest BCUT2D eigenvalue weighted by atomic mass is 16.6. The molecule has 0 aliphatic carbocycles. The Morgan fingerprint density at radius 1 is 0.960 bits per heavy atom. The minimum atomic E-state index is -0.417. The Morgan fingerprint density at radius 2 is 1.68 bits per heavy atom. The molecule has 0 aromatic rings. The van der Waals surface area contributed by atoms with Crippen LogP contribution >= 0.6 is 0 Å². The van der Waals surface area contributed by atoms with Crippen molar-refractivity contribution in [2.24, 2.45) is 0 Å². The Balaban J connectivity index is 4.40. The van der Waals surface area contributed by atoms with E-state index in [9.17, 15) is 25.0 Å². The van der Waals surface area contributed by atoms with Gasteiger partial charge in [-0.3, -0.25) is 25.0 Å². The zero-order chi connectivity index (χ0) is 18.9. The summed E-state index contributed by atoms with van der Waals surface area (Å²) in [5, 5.41) is 21.9. The van der Waals surface area contributed by atoms with E-state index in [1.165, 1.54) is 0 Å². The van der Waals surface area contributed by atoms with Crippen molar-refractivity contribution in [3.63, 3.8) is 0 Å². The van der Waals surface area contributed by atoms with Gasteiger partial charge in [-0.25, -0.2) is 0 Å². The van der Waals surface area contributed by atoms with Gasteiger partial charge in [-0.2, -0.15) is 0 Å². The number of hydrogen-bond donors (Lipinski definition) is 0. The highest BCUT2D eigenvalue weighted by Crippen LogP contribution is 2.12. The molecule has 0 atom stereocenters. The predicted octanol–water partition coefficient (Wildman–Crippen LogP) is 4.89. The first-order valence-corrected chi connectivity index (χ1v) is 8.69. The molecule has 0 spiro atoms. The van der Waals surface area contributed by atoms with Crippen molar-refractivity contribution in [2.75, 3.05) is 0 Å². The third kappa shape index (κ3) is 12.7. The number of nitro groups is 2. The van der Waals surface area contributed by atoms with E-state index in [2.05, 4.69) is 0 Å². The summed E-state index contributed by atoms with van der Waals surface area (Å²) >= 11 is 0. The molecular weight excluding hydrogens is 324 g/mol. The average molecular weight is 351 g/mol. The number of carbonyl (C=O) groups excluding carboxylic acids is 1. The molecule has 0 fully saturated rings. The Bertz CT molecular complexity index is 510. The fourth-order valence-electron chi connectivity index (χ4n) is 2.17. The van der Waals surface area contributed by atoms with E-state index in [-0.39, 0.29) is 22.7 Å². The van der Waals surface area contributed by atoms with E-state index in [4.69, 9.17) is 0 Å². The molecular formula is C18H27N2O5. The number of allylic oxidation sites excluding steroid dienone is 5. The van der Waals surface area contributed by atoms with Crippen LogP contribution in [0, 0.1) is 20.2 Å². The molecule has 1 radical (unpaired) electrons. The SMILES string of the molecule is CCCCCC(=CCC=CCC(=CCCCC[C]=O)[N+](=O)[O-])[N+](=O)[O-]. The van der Waals surface area contributed by atoms with Crippen molar-refractivity contribution in [2.45, 2.75) is 71.1 Å². The zero-order valence-electron chi connectivity index (χ0n) is 14.8. The lowest BCUT2D eigenvalue weighted by Crippen LogP contribution is -1.99. The van der Waals surface area contributed by atoms with E-state index in [1.807, 2.05) is 6.92 Å². The third-order valence-corrected chi connectivity index (χ3v) is 3.60. The summed E-state index contributed by atoms with van der Waals surface area (Å²) in [6.07, 6.45) is 14.4. The molecule has 7 heteroatoms. The molecule has 0 N–H and O–H groups in total. The van der Waals surface area contributed by atoms with E-state index >= 15 is 0 Å². The van der Waals surface area contributed by atoms with Crippen molar-refractivity contribution in [1.29, 1.82) is 0 Å². The standard InChI is InChI=1S/C18H27N2O5/c1-2-3-7-12-17(19(22)23)14-9-6-10-15-18(20(24)25)13-8-4-5-11-16-21/h6,10,13-14H,2-5,7-9,11-12,15H2,1H3. The summed E-state index contributed by atoms with van der Waals surface area (Å²) in [5.41, 5.74) is 0.308. The van der Waals surface area contributed by atoms with Crippen molar-refractivity contribution in [3.8, 4) is 0 Å². The van der Waals surface area contributed by atoms with Gasteiger partial charge in [0.05, 0.1) is 16.3 Å². The molecule has 0 aliphatic rings. The van der Waals surface area contributed by atoms with Gasteiger partial charge in [-0.15, -0.1) is 0 Å². The molecule has 0 bridgehead atoms. The van der Waals surface area contributed by atoms with Crippen LogP contribution in [0.3, 0.4) is 0 Å². The quantitative estimate of drug-likeness (QED) is 0.181. The maximum absolute atomic E-state index is 11.0. The lowest BCUT2D eigenvalue weighted by atomic mass is 10.1. The Kier molecular flexibility index (Phi) is 13.8. The highest BCUT2D eigenvalue weighted by Gasteiger charge is 2.09. The lowest BCUT2D eigenvalue weighted by Gasteiger charge is -1.97. The van der Waals surface area contributed by atoms with E-state index in [0.29, 0.717) is 38.5 Å². The number of unbranched alkanes of at least 4 members (excludes halogenated alkanes) is 5. The van der Waals surface area contributed by atoms with Gasteiger partial charge in [0.15, 0.2) is 6.29 Å². The van der Waals surface area contributed by atoms with Crippen molar-refractivity contribution < 1.29 is 14.6 Å². The molecule has 0 rings (SSSR count). The maximum Gasteiger partial charge on any atom is 0.246 e. The second kappa shape index (κ2) is 15.2. The maximum atomic E-state index is 11.0. The van der Waals surface area contributed by atoms with Crippen molar-refractivity contribution in [1.82, 2.24) is 0 Å². The van der Waals surface area contributed by atoms with Gasteiger partial charge in [0, 0.05) is 12.8 Å². The molecule has 0 saturated carbocycles. The van der Waals surface area contributed by atoms with Gasteiger partial charge >= 0.3 is 0 Å². The highest BCUT2D eigenvalue weighted by molar-refractivity contribution is 5.50. The molecule has 0 heterocycles. The molecule has 0 amide bonds. The molecule has 139 valence electrons. The van der Waals surface area contributed by atoms with Crippen LogP contribution in [0.4, 0.5) is 0 Å². The smallest absolute Gasteiger partial charge is 0.246 e. The summed E-state index contributed by atoms with van der Waals surface area (Å²) in [6, 6.07) is 0. The molecule has 0 aliphatic heterocycles. The van der Waals surface area contributed by atoms with Gasteiger partial charge in [-0.1, -0.05) is 31.9 Å². The van der Waals surface area contributed by atoms with Crippen LogP contribution in [0.25, 0.3) is 0 Å². The van der Waals surface area contributed by atoms with Crippen LogP contribution in [-0.2, 0) is 4.79 Å². The summed E-state index contributed by atoms with van der Waals surface area (Å²) < 4.78 is 0. The predicted molar refractivity (Wildman–Crippen MR) is 96.8 cm³/mol. The van der Waals surface area contributed by atoms with Gasteiger partial charge in [0.1, 0.15) is 0 Å². The second-order valence-corrected chi connectivity index (χ2v) is 5.66. The van der Waals surface area contributed by atoms with Gasteiger partial charge in [-0.05, 0) is 44.3 Å². The van der Waals surface area contributed by atoms with Crippen molar-refractivity contribution >= 4 is 6.29 Å². The van der Waals surface area contributed by atoms with Gasteiger partial charge in [0.25, 0.3) is 0 Å². The monoisotopic (exact) mass is 351 g/mol. The van der Waals surface area contributed by atoms with Crippen LogP contribution in [0.15, 0.2) is 35.7 Å². The first-order chi connectivity index (χ1) is 12.0. The summed E-state index contributed by atoms with van der Waals surface area (Å²) in [6.45, 7) is 2.04. The zero-order valence-corrected chi connectivity index (χ0v) is 14.8. The Labute approximate surface area is 148 Å². The topological polar surface area (TPSA) is 103 Å². The number of rotatable bonds is 15. The third-order valence-electron chi connectivity index (χ3n) is 3.60. The fourth-order valence-corrected chi connectivity index (χ4v) is 2.17. The molecule has 0 saturated heterocycles. The minimum absolute atomic E-state index is 0.104. The fraction of sp³-hybridized carbons (Fsp3) is 0.611. The summed E-state index contributed by atoms with van der Waals surface area (Å²) in [5.74, 6) is 0. The van der Waals surface area contributed by atoms with Gasteiger partial charge < -0.3 is 0 Å². The average Bonchev–Trinajstić information content (AvgIpc) is 2.57. The second-order valence-electron chi connectivity index (χ2n) is 5.66. The molecule has 0 aromatic heterocycles. The minimum Gasteiger partial charge on any atom is -0.291 e. The Hall–Kier alpha value is -2.31. The molecule has 0 unspecified atom stereocenters.